The molecule has 0 unspecified atom stereocenters. The van der Waals surface area contributed by atoms with Gasteiger partial charge in [-0.3, -0.25) is 0 Å². The lowest BCUT2D eigenvalue weighted by molar-refractivity contribution is 0.0697. The summed E-state index contributed by atoms with van der Waals surface area (Å²) in [5.74, 6) is -0.922. The van der Waals surface area contributed by atoms with Gasteiger partial charge < -0.3 is 10.1 Å². The molecule has 0 bridgehead atoms. The summed E-state index contributed by atoms with van der Waals surface area (Å²) in [6.07, 6.45) is 0. The number of hydrogen-bond donors (Lipinski definition) is 2. The zero-order chi connectivity index (χ0) is 18.3. The fraction of sp³-hybridized carbons (Fsp3) is 0.0909. The van der Waals surface area contributed by atoms with E-state index in [2.05, 4.69) is 37.0 Å². The number of aromatic amines is 1. The molecule has 0 atom stereocenters. The van der Waals surface area contributed by atoms with Crippen molar-refractivity contribution in [3.05, 3.63) is 77.4 Å². The van der Waals surface area contributed by atoms with Crippen LogP contribution in [0.5, 0.6) is 0 Å². The summed E-state index contributed by atoms with van der Waals surface area (Å²) < 4.78 is 0. The predicted octanol–water partition coefficient (Wildman–Crippen LogP) is 5.21. The average molecular weight is 342 g/mol. The first kappa shape index (κ1) is 16.1. The van der Waals surface area contributed by atoms with E-state index < -0.39 is 5.97 Å². The van der Waals surface area contributed by atoms with E-state index in [-0.39, 0.29) is 5.56 Å². The minimum Gasteiger partial charge on any atom is -0.478 e. The van der Waals surface area contributed by atoms with Crippen LogP contribution in [0.25, 0.3) is 33.5 Å². The first-order valence-corrected chi connectivity index (χ1v) is 8.43. The molecule has 4 heteroatoms. The smallest absolute Gasteiger partial charge is 0.335 e. The van der Waals surface area contributed by atoms with E-state index in [1.54, 1.807) is 24.3 Å². The molecule has 2 aromatic carbocycles. The largest absolute Gasteiger partial charge is 0.478 e. The molecule has 0 aliphatic rings. The molecule has 0 fully saturated rings. The minimum atomic E-state index is -0.922. The maximum absolute atomic E-state index is 11.0. The number of pyridine rings is 1. The standard InChI is InChI=1S/C22H18N2O2/c1-13-3-4-16-9-10-20(24-21(16)14(13)2)19-12-11-18(23-19)15-5-7-17(8-6-15)22(25)26/h3-12,23H,1-2H3,(H,25,26). The lowest BCUT2D eigenvalue weighted by Crippen LogP contribution is -1.95. The van der Waals surface area contributed by atoms with E-state index in [0.717, 1.165) is 33.5 Å². The van der Waals surface area contributed by atoms with Crippen LogP contribution in [-0.4, -0.2) is 21.0 Å². The van der Waals surface area contributed by atoms with Crippen LogP contribution in [-0.2, 0) is 0 Å². The number of rotatable bonds is 3. The highest BCUT2D eigenvalue weighted by atomic mass is 16.4. The third-order valence-electron chi connectivity index (χ3n) is 4.79. The van der Waals surface area contributed by atoms with E-state index in [1.807, 2.05) is 18.2 Å². The second-order valence-electron chi connectivity index (χ2n) is 6.44. The lowest BCUT2D eigenvalue weighted by Gasteiger charge is -2.07. The van der Waals surface area contributed by atoms with Crippen LogP contribution in [0.3, 0.4) is 0 Å². The zero-order valence-corrected chi connectivity index (χ0v) is 14.6. The Kier molecular flexibility index (Phi) is 3.81. The summed E-state index contributed by atoms with van der Waals surface area (Å²) in [6.45, 7) is 4.19. The molecule has 0 aliphatic heterocycles. The Balaban J connectivity index is 1.72. The van der Waals surface area contributed by atoms with Crippen molar-refractivity contribution >= 4 is 16.9 Å². The summed E-state index contributed by atoms with van der Waals surface area (Å²) >= 11 is 0. The first-order valence-electron chi connectivity index (χ1n) is 8.43. The van der Waals surface area contributed by atoms with Gasteiger partial charge in [0, 0.05) is 11.1 Å². The third kappa shape index (κ3) is 2.75. The molecule has 4 nitrogen and oxygen atoms in total. The number of aromatic nitrogens is 2. The minimum absolute atomic E-state index is 0.280. The van der Waals surface area contributed by atoms with E-state index >= 15 is 0 Å². The SMILES string of the molecule is Cc1ccc2ccc(-c3ccc(-c4ccc(C(=O)O)cc4)[nH]3)nc2c1C. The Bertz CT molecular complexity index is 1120. The summed E-state index contributed by atoms with van der Waals surface area (Å²) in [5, 5.41) is 10.1. The number of benzene rings is 2. The van der Waals surface area contributed by atoms with Gasteiger partial charge in [0.15, 0.2) is 0 Å². The molecule has 128 valence electrons. The van der Waals surface area contributed by atoms with Gasteiger partial charge in [-0.25, -0.2) is 9.78 Å². The van der Waals surface area contributed by atoms with Gasteiger partial charge in [-0.05, 0) is 60.9 Å². The zero-order valence-electron chi connectivity index (χ0n) is 14.6. The fourth-order valence-corrected chi connectivity index (χ4v) is 3.09. The summed E-state index contributed by atoms with van der Waals surface area (Å²) in [6, 6.07) is 19.1. The lowest BCUT2D eigenvalue weighted by atomic mass is 10.0. The van der Waals surface area contributed by atoms with Crippen LogP contribution in [0.4, 0.5) is 0 Å². The maximum atomic E-state index is 11.0. The van der Waals surface area contributed by atoms with Gasteiger partial charge in [-0.15, -0.1) is 0 Å². The fourth-order valence-electron chi connectivity index (χ4n) is 3.09. The van der Waals surface area contributed by atoms with E-state index in [0.29, 0.717) is 0 Å². The number of H-pyrrole nitrogens is 1. The van der Waals surface area contributed by atoms with Gasteiger partial charge in [-0.2, -0.15) is 0 Å². The molecule has 2 heterocycles. The second-order valence-corrected chi connectivity index (χ2v) is 6.44. The third-order valence-corrected chi connectivity index (χ3v) is 4.79. The molecule has 4 aromatic rings. The highest BCUT2D eigenvalue weighted by Gasteiger charge is 2.09. The topological polar surface area (TPSA) is 66.0 Å². The quantitative estimate of drug-likeness (QED) is 0.537. The Morgan fingerprint density at radius 3 is 2.31 bits per heavy atom. The monoisotopic (exact) mass is 342 g/mol. The number of fused-ring (bicyclic) bond motifs is 1. The van der Waals surface area contributed by atoms with Gasteiger partial charge in [0.1, 0.15) is 0 Å². The van der Waals surface area contributed by atoms with Gasteiger partial charge in [0.05, 0.1) is 22.5 Å². The molecule has 0 saturated heterocycles. The summed E-state index contributed by atoms with van der Waals surface area (Å²) in [5.41, 5.74) is 7.42. The van der Waals surface area contributed by atoms with Crippen molar-refractivity contribution in [2.75, 3.05) is 0 Å². The van der Waals surface area contributed by atoms with Crippen molar-refractivity contribution in [3.63, 3.8) is 0 Å². The molecular formula is C22H18N2O2. The van der Waals surface area contributed by atoms with Crippen molar-refractivity contribution < 1.29 is 9.90 Å². The van der Waals surface area contributed by atoms with Gasteiger partial charge >= 0.3 is 5.97 Å². The number of carboxylic acids is 1. The molecule has 26 heavy (non-hydrogen) atoms. The van der Waals surface area contributed by atoms with Crippen LogP contribution in [0.2, 0.25) is 0 Å². The molecule has 0 amide bonds. The summed E-state index contributed by atoms with van der Waals surface area (Å²) in [7, 11) is 0. The Morgan fingerprint density at radius 1 is 0.885 bits per heavy atom. The van der Waals surface area contributed by atoms with Crippen LogP contribution in [0.15, 0.2) is 60.7 Å². The highest BCUT2D eigenvalue weighted by Crippen LogP contribution is 2.27. The number of carboxylic acid groups (broad SMARTS) is 1. The second kappa shape index (κ2) is 6.15. The van der Waals surface area contributed by atoms with Crippen molar-refractivity contribution in [2.45, 2.75) is 13.8 Å². The van der Waals surface area contributed by atoms with E-state index in [1.165, 1.54) is 11.1 Å². The number of carbonyl (C=O) groups is 1. The Hall–Kier alpha value is -3.40. The van der Waals surface area contributed by atoms with Crippen molar-refractivity contribution in [3.8, 4) is 22.6 Å². The van der Waals surface area contributed by atoms with E-state index in [9.17, 15) is 4.79 Å². The van der Waals surface area contributed by atoms with Crippen LogP contribution < -0.4 is 0 Å². The number of nitrogens with one attached hydrogen (secondary N) is 1. The summed E-state index contributed by atoms with van der Waals surface area (Å²) in [4.78, 5) is 19.2. The molecule has 0 saturated carbocycles. The van der Waals surface area contributed by atoms with Crippen LogP contribution in [0, 0.1) is 13.8 Å². The molecule has 2 aromatic heterocycles. The molecular weight excluding hydrogens is 324 g/mol. The average Bonchev–Trinajstić information content (AvgIpc) is 3.15. The number of hydrogen-bond acceptors (Lipinski definition) is 2. The maximum Gasteiger partial charge on any atom is 0.335 e. The highest BCUT2D eigenvalue weighted by molar-refractivity contribution is 5.88. The van der Waals surface area contributed by atoms with Gasteiger partial charge in [0.25, 0.3) is 0 Å². The van der Waals surface area contributed by atoms with Crippen molar-refractivity contribution in [2.24, 2.45) is 0 Å². The van der Waals surface area contributed by atoms with Crippen molar-refractivity contribution in [1.29, 1.82) is 0 Å². The molecule has 4 rings (SSSR count). The van der Waals surface area contributed by atoms with Crippen LogP contribution >= 0.6 is 0 Å². The molecule has 0 aliphatic carbocycles. The number of nitrogens with zero attached hydrogens (tertiary/aromatic N) is 1. The van der Waals surface area contributed by atoms with Crippen LogP contribution in [0.1, 0.15) is 21.5 Å². The molecule has 0 radical (unpaired) electrons. The number of aromatic carboxylic acids is 1. The Morgan fingerprint density at radius 2 is 1.58 bits per heavy atom. The Labute approximate surface area is 151 Å². The number of aryl methyl sites for hydroxylation is 2. The van der Waals surface area contributed by atoms with Gasteiger partial charge in [0.2, 0.25) is 0 Å². The normalized spacial score (nSPS) is 11.0. The van der Waals surface area contributed by atoms with E-state index in [4.69, 9.17) is 10.1 Å². The van der Waals surface area contributed by atoms with Gasteiger partial charge in [-0.1, -0.05) is 30.3 Å². The molecule has 0 spiro atoms. The first-order chi connectivity index (χ1) is 12.5. The predicted molar refractivity (Wildman–Crippen MR) is 103 cm³/mol. The molecule has 2 N–H and O–H groups in total. The van der Waals surface area contributed by atoms with Crippen molar-refractivity contribution in [1.82, 2.24) is 9.97 Å².